The lowest BCUT2D eigenvalue weighted by Crippen LogP contribution is -2.15. The van der Waals surface area contributed by atoms with Crippen LogP contribution in [0.15, 0.2) is 72.4 Å². The molecule has 3 rings (SSSR count). The zero-order valence-electron chi connectivity index (χ0n) is 16.7. The van der Waals surface area contributed by atoms with E-state index in [1.807, 2.05) is 22.8 Å². The van der Waals surface area contributed by atoms with Crippen molar-refractivity contribution in [3.63, 3.8) is 0 Å². The number of hydrogen-bond acceptors (Lipinski definition) is 6. The maximum Gasteiger partial charge on any atom is 0.335 e. The number of nitrogens with zero attached hydrogens (tertiary/aromatic N) is 3. The molecule has 160 valence electrons. The summed E-state index contributed by atoms with van der Waals surface area (Å²) >= 11 is 3.03. The van der Waals surface area contributed by atoms with Gasteiger partial charge in [-0.3, -0.25) is 4.79 Å². The highest BCUT2D eigenvalue weighted by Crippen LogP contribution is 2.22. The number of amides is 1. The van der Waals surface area contributed by atoms with Gasteiger partial charge in [-0.1, -0.05) is 54.2 Å². The van der Waals surface area contributed by atoms with Crippen molar-refractivity contribution in [1.82, 2.24) is 14.8 Å². The van der Waals surface area contributed by atoms with Crippen LogP contribution in [0.5, 0.6) is 0 Å². The summed E-state index contributed by atoms with van der Waals surface area (Å²) in [4.78, 5) is 23.4. The number of nitrogens with one attached hydrogen (secondary N) is 1. The fourth-order valence-corrected chi connectivity index (χ4v) is 4.43. The van der Waals surface area contributed by atoms with Gasteiger partial charge in [0.1, 0.15) is 5.82 Å². The molecule has 3 aromatic rings. The van der Waals surface area contributed by atoms with Gasteiger partial charge >= 0.3 is 5.97 Å². The molecule has 0 aliphatic heterocycles. The summed E-state index contributed by atoms with van der Waals surface area (Å²) in [5, 5.41) is 20.9. The van der Waals surface area contributed by atoms with Crippen LogP contribution in [0, 0.1) is 0 Å². The summed E-state index contributed by atoms with van der Waals surface area (Å²) in [5.74, 6) is 1.25. The first-order chi connectivity index (χ1) is 15.1. The normalized spacial score (nSPS) is 10.6. The maximum atomic E-state index is 12.3. The zero-order chi connectivity index (χ0) is 22.1. The van der Waals surface area contributed by atoms with Crippen molar-refractivity contribution in [1.29, 1.82) is 0 Å². The predicted octanol–water partition coefficient (Wildman–Crippen LogP) is 4.33. The molecule has 0 saturated heterocycles. The van der Waals surface area contributed by atoms with E-state index in [0.29, 0.717) is 23.1 Å². The Morgan fingerprint density at radius 2 is 1.90 bits per heavy atom. The average molecular weight is 455 g/mol. The van der Waals surface area contributed by atoms with E-state index in [2.05, 4.69) is 34.2 Å². The number of aromatic nitrogens is 3. The Kier molecular flexibility index (Phi) is 8.31. The Morgan fingerprint density at radius 3 is 2.65 bits per heavy atom. The molecule has 0 aliphatic rings. The molecule has 0 saturated carbocycles. The van der Waals surface area contributed by atoms with Crippen LogP contribution in [0.2, 0.25) is 0 Å². The van der Waals surface area contributed by atoms with Crippen molar-refractivity contribution in [3.05, 3.63) is 84.2 Å². The number of carbonyl (C=O) groups excluding carboxylic acids is 1. The second kappa shape index (κ2) is 11.4. The topological polar surface area (TPSA) is 97.1 Å². The largest absolute Gasteiger partial charge is 0.478 e. The number of rotatable bonds is 11. The molecule has 0 spiro atoms. The molecule has 1 amide bonds. The van der Waals surface area contributed by atoms with Gasteiger partial charge in [0, 0.05) is 18.0 Å². The molecule has 0 atom stereocenters. The average Bonchev–Trinajstić information content (AvgIpc) is 3.15. The van der Waals surface area contributed by atoms with Crippen LogP contribution in [0.3, 0.4) is 0 Å². The van der Waals surface area contributed by atoms with Crippen LogP contribution >= 0.6 is 23.5 Å². The van der Waals surface area contributed by atoms with Gasteiger partial charge in [-0.15, -0.1) is 28.5 Å². The number of carbonyl (C=O) groups is 2. The highest BCUT2D eigenvalue weighted by atomic mass is 32.2. The standard InChI is InChI=1S/C22H22N4O3S2/c1-2-11-26-19(14-30-13-16-7-4-3-5-8-16)24-25-22(26)31-15-20(27)23-18-10-6-9-17(12-18)21(28)29/h2-10,12H,1,11,13-15H2,(H,23,27)(H,28,29). The lowest BCUT2D eigenvalue weighted by Gasteiger charge is -2.08. The van der Waals surface area contributed by atoms with Gasteiger partial charge in [0.25, 0.3) is 0 Å². The molecule has 0 fully saturated rings. The molecular weight excluding hydrogens is 432 g/mol. The third-order valence-corrected chi connectivity index (χ3v) is 6.14. The number of thioether (sulfide) groups is 2. The maximum absolute atomic E-state index is 12.3. The summed E-state index contributed by atoms with van der Waals surface area (Å²) in [7, 11) is 0. The first kappa shape index (κ1) is 22.6. The van der Waals surface area contributed by atoms with E-state index in [4.69, 9.17) is 5.11 Å². The minimum atomic E-state index is -1.04. The third-order valence-electron chi connectivity index (χ3n) is 4.17. The predicted molar refractivity (Wildman–Crippen MR) is 124 cm³/mol. The number of aromatic carboxylic acids is 1. The minimum Gasteiger partial charge on any atom is -0.478 e. The molecule has 2 aromatic carbocycles. The number of carboxylic acid groups (broad SMARTS) is 1. The smallest absolute Gasteiger partial charge is 0.335 e. The van der Waals surface area contributed by atoms with Gasteiger partial charge < -0.3 is 15.0 Å². The summed E-state index contributed by atoms with van der Waals surface area (Å²) in [6, 6.07) is 16.4. The van der Waals surface area contributed by atoms with E-state index in [9.17, 15) is 9.59 Å². The molecule has 1 aromatic heterocycles. The van der Waals surface area contributed by atoms with E-state index in [1.54, 1.807) is 30.0 Å². The number of anilines is 1. The van der Waals surface area contributed by atoms with E-state index in [1.165, 1.54) is 29.5 Å². The molecule has 31 heavy (non-hydrogen) atoms. The number of benzene rings is 2. The highest BCUT2D eigenvalue weighted by Gasteiger charge is 2.14. The van der Waals surface area contributed by atoms with Gasteiger partial charge in [-0.05, 0) is 23.8 Å². The Bertz CT molecular complexity index is 1050. The Morgan fingerprint density at radius 1 is 1.10 bits per heavy atom. The molecule has 7 nitrogen and oxygen atoms in total. The van der Waals surface area contributed by atoms with E-state index < -0.39 is 5.97 Å². The van der Waals surface area contributed by atoms with Crippen LogP contribution in [-0.2, 0) is 22.8 Å². The Hall–Kier alpha value is -3.04. The Balaban J connectivity index is 1.56. The van der Waals surface area contributed by atoms with Crippen molar-refractivity contribution in [3.8, 4) is 0 Å². The molecule has 0 unspecified atom stereocenters. The van der Waals surface area contributed by atoms with Gasteiger partial charge in [0.05, 0.1) is 17.1 Å². The van der Waals surface area contributed by atoms with Crippen LogP contribution in [0.1, 0.15) is 21.7 Å². The zero-order valence-corrected chi connectivity index (χ0v) is 18.4. The lowest BCUT2D eigenvalue weighted by molar-refractivity contribution is -0.113. The molecule has 9 heteroatoms. The summed E-state index contributed by atoms with van der Waals surface area (Å²) in [6.45, 7) is 4.35. The van der Waals surface area contributed by atoms with Crippen molar-refractivity contribution < 1.29 is 14.7 Å². The van der Waals surface area contributed by atoms with Crippen LogP contribution in [0.4, 0.5) is 5.69 Å². The van der Waals surface area contributed by atoms with E-state index in [0.717, 1.165) is 11.6 Å². The van der Waals surface area contributed by atoms with Crippen LogP contribution < -0.4 is 5.32 Å². The van der Waals surface area contributed by atoms with Crippen molar-refractivity contribution >= 4 is 41.1 Å². The van der Waals surface area contributed by atoms with E-state index in [-0.39, 0.29) is 17.2 Å². The second-order valence-corrected chi connectivity index (χ2v) is 8.43. The molecule has 0 bridgehead atoms. The highest BCUT2D eigenvalue weighted by molar-refractivity contribution is 7.99. The Labute approximate surface area is 189 Å². The monoisotopic (exact) mass is 454 g/mol. The summed E-state index contributed by atoms with van der Waals surface area (Å²) in [6.07, 6.45) is 1.77. The fourth-order valence-electron chi connectivity index (χ4n) is 2.74. The van der Waals surface area contributed by atoms with Crippen LogP contribution in [0.25, 0.3) is 0 Å². The van der Waals surface area contributed by atoms with Crippen molar-refractivity contribution in [2.24, 2.45) is 0 Å². The molecule has 0 aliphatic carbocycles. The number of carboxylic acids is 1. The van der Waals surface area contributed by atoms with Gasteiger partial charge in [0.2, 0.25) is 5.91 Å². The van der Waals surface area contributed by atoms with Crippen molar-refractivity contribution in [2.75, 3.05) is 11.1 Å². The fraction of sp³-hybridized carbons (Fsp3) is 0.182. The molecule has 1 heterocycles. The molecule has 0 radical (unpaired) electrons. The lowest BCUT2D eigenvalue weighted by atomic mass is 10.2. The van der Waals surface area contributed by atoms with Gasteiger partial charge in [0.15, 0.2) is 5.16 Å². The van der Waals surface area contributed by atoms with Crippen molar-refractivity contribution in [2.45, 2.75) is 23.2 Å². The third kappa shape index (κ3) is 6.73. The van der Waals surface area contributed by atoms with Gasteiger partial charge in [-0.2, -0.15) is 0 Å². The summed E-state index contributed by atoms with van der Waals surface area (Å²) < 4.78 is 1.95. The summed E-state index contributed by atoms with van der Waals surface area (Å²) in [5.41, 5.74) is 1.81. The van der Waals surface area contributed by atoms with E-state index >= 15 is 0 Å². The van der Waals surface area contributed by atoms with Crippen LogP contribution in [-0.4, -0.2) is 37.5 Å². The quantitative estimate of drug-likeness (QED) is 0.329. The SMILES string of the molecule is C=CCn1c(CSCc2ccccc2)nnc1SCC(=O)Nc1cccc(C(=O)O)c1. The first-order valence-electron chi connectivity index (χ1n) is 9.47. The first-order valence-corrected chi connectivity index (χ1v) is 11.6. The molecular formula is C22H22N4O3S2. The number of hydrogen-bond donors (Lipinski definition) is 2. The second-order valence-electron chi connectivity index (χ2n) is 6.50. The molecule has 2 N–H and O–H groups in total. The number of allylic oxidation sites excluding steroid dienone is 1. The van der Waals surface area contributed by atoms with Gasteiger partial charge in [-0.25, -0.2) is 4.79 Å². The minimum absolute atomic E-state index is 0.119.